The smallest absolute Gasteiger partial charge is 0.396 e. The molecule has 0 bridgehead atoms. The third-order valence-electron chi connectivity index (χ3n) is 3.30. The van der Waals surface area contributed by atoms with Crippen molar-refractivity contribution >= 4 is 0 Å². The molecule has 0 unspecified atom stereocenters. The minimum absolute atomic E-state index is 0.0691. The molecule has 0 aliphatic carbocycles. The normalized spacial score (nSPS) is 24.5. The van der Waals surface area contributed by atoms with E-state index in [0.29, 0.717) is 18.7 Å². The summed E-state index contributed by atoms with van der Waals surface area (Å²) in [5.74, 6) is -1.49. The monoisotopic (exact) mass is 263 g/mol. The lowest BCUT2D eigenvalue weighted by molar-refractivity contribution is -0.140. The topological polar surface area (TPSA) is 32.3 Å². The van der Waals surface area contributed by atoms with Crippen LogP contribution < -0.4 is 5.32 Å². The van der Waals surface area contributed by atoms with Gasteiger partial charge in [-0.05, 0) is 17.7 Å². The molecule has 0 radical (unpaired) electrons. The molecule has 18 heavy (non-hydrogen) atoms. The van der Waals surface area contributed by atoms with E-state index in [1.54, 1.807) is 0 Å². The molecular formula is C12H13F4NO. The quantitative estimate of drug-likeness (QED) is 0.801. The second-order valence-electron chi connectivity index (χ2n) is 4.44. The van der Waals surface area contributed by atoms with Crippen molar-refractivity contribution in [1.82, 2.24) is 5.32 Å². The van der Waals surface area contributed by atoms with Gasteiger partial charge < -0.3 is 10.4 Å². The van der Waals surface area contributed by atoms with E-state index >= 15 is 0 Å². The lowest BCUT2D eigenvalue weighted by Gasteiger charge is -2.17. The average molecular weight is 263 g/mol. The molecule has 0 amide bonds. The summed E-state index contributed by atoms with van der Waals surface area (Å²) in [6, 6.07) is 2.97. The predicted octanol–water partition coefficient (Wildman–Crippen LogP) is 2.14. The molecule has 2 atom stereocenters. The summed E-state index contributed by atoms with van der Waals surface area (Å²) in [5.41, 5.74) is -0.762. The van der Waals surface area contributed by atoms with Crippen molar-refractivity contribution in [3.05, 3.63) is 35.1 Å². The number of benzene rings is 1. The molecule has 6 heteroatoms. The number of hydrogen-bond donors (Lipinski definition) is 2. The van der Waals surface area contributed by atoms with Crippen molar-refractivity contribution in [3.8, 4) is 0 Å². The fraction of sp³-hybridized carbons (Fsp3) is 0.500. The third-order valence-corrected chi connectivity index (χ3v) is 3.30. The maximum atomic E-state index is 13.4. The van der Waals surface area contributed by atoms with Crippen LogP contribution in [0, 0.1) is 11.7 Å². The first-order chi connectivity index (χ1) is 8.43. The van der Waals surface area contributed by atoms with Gasteiger partial charge in [0.1, 0.15) is 5.82 Å². The lowest BCUT2D eigenvalue weighted by Crippen LogP contribution is -2.16. The Morgan fingerprint density at radius 3 is 2.56 bits per heavy atom. The largest absolute Gasteiger partial charge is 0.419 e. The molecule has 1 aromatic carbocycles. The predicted molar refractivity (Wildman–Crippen MR) is 57.6 cm³/mol. The van der Waals surface area contributed by atoms with Crippen LogP contribution >= 0.6 is 0 Å². The van der Waals surface area contributed by atoms with Crippen molar-refractivity contribution in [2.75, 3.05) is 19.7 Å². The van der Waals surface area contributed by atoms with Crippen LogP contribution in [0.15, 0.2) is 18.2 Å². The Labute approximate surface area is 102 Å². The van der Waals surface area contributed by atoms with E-state index < -0.39 is 17.6 Å². The van der Waals surface area contributed by atoms with Crippen LogP contribution in [-0.4, -0.2) is 24.8 Å². The van der Waals surface area contributed by atoms with Gasteiger partial charge >= 0.3 is 6.18 Å². The molecule has 2 nitrogen and oxygen atoms in total. The van der Waals surface area contributed by atoms with E-state index in [0.717, 1.165) is 12.1 Å². The van der Waals surface area contributed by atoms with E-state index in [2.05, 4.69) is 5.32 Å². The van der Waals surface area contributed by atoms with E-state index in [1.165, 1.54) is 6.07 Å². The number of hydrogen-bond acceptors (Lipinski definition) is 2. The Balaban J connectivity index is 2.29. The van der Waals surface area contributed by atoms with Gasteiger partial charge in [-0.2, -0.15) is 13.2 Å². The highest BCUT2D eigenvalue weighted by molar-refractivity contribution is 5.30. The van der Waals surface area contributed by atoms with Crippen LogP contribution in [0.25, 0.3) is 0 Å². The first-order valence-electron chi connectivity index (χ1n) is 5.61. The minimum atomic E-state index is -4.67. The van der Waals surface area contributed by atoms with Crippen LogP contribution in [0.4, 0.5) is 17.6 Å². The SMILES string of the molecule is OC[C@@H]1CNC[C@H]1c1ccc(C(F)(F)F)c(F)c1. The van der Waals surface area contributed by atoms with Gasteiger partial charge in [-0.15, -0.1) is 0 Å². The average Bonchev–Trinajstić information content (AvgIpc) is 2.74. The number of halogens is 4. The van der Waals surface area contributed by atoms with E-state index in [-0.39, 0.29) is 18.4 Å². The summed E-state index contributed by atoms with van der Waals surface area (Å²) >= 11 is 0. The molecule has 0 aromatic heterocycles. The van der Waals surface area contributed by atoms with Crippen LogP contribution in [0.3, 0.4) is 0 Å². The molecule has 2 rings (SSSR count). The van der Waals surface area contributed by atoms with Crippen LogP contribution in [-0.2, 0) is 6.18 Å². The summed E-state index contributed by atoms with van der Waals surface area (Å²) in [6.07, 6.45) is -4.67. The van der Waals surface area contributed by atoms with E-state index in [9.17, 15) is 17.6 Å². The summed E-state index contributed by atoms with van der Waals surface area (Å²) in [7, 11) is 0. The maximum absolute atomic E-state index is 13.4. The second-order valence-corrected chi connectivity index (χ2v) is 4.44. The van der Waals surface area contributed by atoms with Gasteiger partial charge in [0.2, 0.25) is 0 Å². The number of alkyl halides is 3. The molecule has 1 aromatic rings. The zero-order chi connectivity index (χ0) is 13.3. The Hall–Kier alpha value is -1.14. The summed E-state index contributed by atoms with van der Waals surface area (Å²) < 4.78 is 50.7. The molecule has 1 fully saturated rings. The van der Waals surface area contributed by atoms with Gasteiger partial charge in [0.15, 0.2) is 0 Å². The Bertz CT molecular complexity index is 433. The van der Waals surface area contributed by atoms with Gasteiger partial charge in [0.05, 0.1) is 5.56 Å². The van der Waals surface area contributed by atoms with Crippen LogP contribution in [0.5, 0.6) is 0 Å². The molecule has 1 aliphatic rings. The third kappa shape index (κ3) is 2.49. The van der Waals surface area contributed by atoms with Crippen molar-refractivity contribution in [2.45, 2.75) is 12.1 Å². The number of rotatable bonds is 2. The van der Waals surface area contributed by atoms with Gasteiger partial charge in [-0.1, -0.05) is 6.07 Å². The Morgan fingerprint density at radius 1 is 1.28 bits per heavy atom. The highest BCUT2D eigenvalue weighted by Gasteiger charge is 2.35. The molecule has 0 saturated carbocycles. The van der Waals surface area contributed by atoms with E-state index in [1.807, 2.05) is 0 Å². The molecule has 1 aliphatic heterocycles. The van der Waals surface area contributed by atoms with E-state index in [4.69, 9.17) is 5.11 Å². The zero-order valence-electron chi connectivity index (χ0n) is 9.47. The van der Waals surface area contributed by atoms with Gasteiger partial charge in [-0.25, -0.2) is 4.39 Å². The molecular weight excluding hydrogens is 250 g/mol. The minimum Gasteiger partial charge on any atom is -0.396 e. The molecule has 100 valence electrons. The molecule has 2 N–H and O–H groups in total. The summed E-state index contributed by atoms with van der Waals surface area (Å²) in [4.78, 5) is 0. The number of aliphatic hydroxyl groups is 1. The van der Waals surface area contributed by atoms with Gasteiger partial charge in [0.25, 0.3) is 0 Å². The highest BCUT2D eigenvalue weighted by Crippen LogP contribution is 2.34. The van der Waals surface area contributed by atoms with Crippen LogP contribution in [0.1, 0.15) is 17.0 Å². The van der Waals surface area contributed by atoms with Crippen molar-refractivity contribution in [1.29, 1.82) is 0 Å². The van der Waals surface area contributed by atoms with Crippen LogP contribution in [0.2, 0.25) is 0 Å². The Morgan fingerprint density at radius 2 is 2.00 bits per heavy atom. The molecule has 0 spiro atoms. The van der Waals surface area contributed by atoms with Crippen molar-refractivity contribution < 1.29 is 22.7 Å². The Kier molecular flexibility index (Phi) is 3.59. The number of nitrogens with one attached hydrogen (secondary N) is 1. The highest BCUT2D eigenvalue weighted by atomic mass is 19.4. The van der Waals surface area contributed by atoms with Crippen molar-refractivity contribution in [3.63, 3.8) is 0 Å². The van der Waals surface area contributed by atoms with Gasteiger partial charge in [0, 0.05) is 31.5 Å². The fourth-order valence-electron chi connectivity index (χ4n) is 2.31. The lowest BCUT2D eigenvalue weighted by atomic mass is 9.89. The second kappa shape index (κ2) is 4.85. The first kappa shape index (κ1) is 13.3. The maximum Gasteiger partial charge on any atom is 0.419 e. The molecule has 1 heterocycles. The summed E-state index contributed by atoms with van der Waals surface area (Å²) in [5, 5.41) is 12.2. The van der Waals surface area contributed by atoms with Gasteiger partial charge in [-0.3, -0.25) is 0 Å². The number of aliphatic hydroxyl groups excluding tert-OH is 1. The van der Waals surface area contributed by atoms with Crippen molar-refractivity contribution in [2.24, 2.45) is 5.92 Å². The fourth-order valence-corrected chi connectivity index (χ4v) is 2.31. The summed E-state index contributed by atoms with van der Waals surface area (Å²) in [6.45, 7) is 1.06. The standard InChI is InChI=1S/C12H13F4NO/c13-11-3-7(1-2-10(11)12(14,15)16)9-5-17-4-8(9)6-18/h1-3,8-9,17-18H,4-6H2/t8-,9-/m0/s1. The zero-order valence-corrected chi connectivity index (χ0v) is 9.47. The first-order valence-corrected chi connectivity index (χ1v) is 5.61. The molecule has 1 saturated heterocycles.